The Balaban J connectivity index is 1.52. The van der Waals surface area contributed by atoms with Crippen LogP contribution in [0.25, 0.3) is 0 Å². The molecule has 1 aliphatic rings. The minimum absolute atomic E-state index is 0.0148. The molecule has 2 heterocycles. The minimum Gasteiger partial charge on any atom is -0.476 e. The van der Waals surface area contributed by atoms with Crippen LogP contribution in [0.2, 0.25) is 5.02 Å². The maximum Gasteiger partial charge on any atom is 0.355 e. The van der Waals surface area contributed by atoms with Crippen molar-refractivity contribution < 1.29 is 19.1 Å². The maximum atomic E-state index is 13.9. The highest BCUT2D eigenvalue weighted by Crippen LogP contribution is 2.26. The number of aromatic nitrogens is 1. The lowest BCUT2D eigenvalue weighted by Gasteiger charge is -2.25. The number of hydrogen-bond acceptors (Lipinski definition) is 6. The molecule has 1 saturated heterocycles. The lowest BCUT2D eigenvalue weighted by atomic mass is 10.2. The number of aromatic carboxylic acids is 1. The predicted octanol–water partition coefficient (Wildman–Crippen LogP) is 3.83. The molecule has 1 aromatic carbocycles. The predicted molar refractivity (Wildman–Crippen MR) is 104 cm³/mol. The van der Waals surface area contributed by atoms with Crippen LogP contribution in [0.3, 0.4) is 0 Å². The van der Waals surface area contributed by atoms with E-state index in [0.29, 0.717) is 46.7 Å². The van der Waals surface area contributed by atoms with E-state index in [9.17, 15) is 14.0 Å². The van der Waals surface area contributed by atoms with Crippen LogP contribution in [-0.2, 0) is 4.79 Å². The Labute approximate surface area is 168 Å². The molecule has 1 atom stereocenters. The second-order valence-electron chi connectivity index (χ2n) is 5.94. The zero-order valence-corrected chi connectivity index (χ0v) is 16.5. The number of nitrogens with one attached hydrogen (secondary N) is 1. The molecule has 0 saturated carbocycles. The Morgan fingerprint density at radius 3 is 3.04 bits per heavy atom. The molecule has 2 N–H and O–H groups in total. The van der Waals surface area contributed by atoms with Gasteiger partial charge in [0.25, 0.3) is 0 Å². The van der Waals surface area contributed by atoms with E-state index in [1.54, 1.807) is 17.0 Å². The summed E-state index contributed by atoms with van der Waals surface area (Å²) < 4.78 is 14.5. The van der Waals surface area contributed by atoms with E-state index in [1.165, 1.54) is 34.5 Å². The topological polar surface area (TPSA) is 82.5 Å². The average molecular weight is 430 g/mol. The van der Waals surface area contributed by atoms with Crippen molar-refractivity contribution in [3.8, 4) is 0 Å². The molecule has 6 nitrogen and oxygen atoms in total. The monoisotopic (exact) mass is 429 g/mol. The molecule has 1 amide bonds. The standard InChI is InChI=1S/C17H17ClFN3O3S2/c18-10-1-3-13(12(19)7-10)20-8-11-2-4-15(23)22(11)5-6-26-17-21-14(9-27-17)16(24)25/h1,3,7,9,11,20H,2,4-6,8H2,(H,24,25). The fraction of sp³-hybridized carbons (Fsp3) is 0.353. The lowest BCUT2D eigenvalue weighted by molar-refractivity contribution is -0.128. The molecule has 3 rings (SSSR count). The number of nitrogens with zero attached hydrogens (tertiary/aromatic N) is 2. The van der Waals surface area contributed by atoms with Gasteiger partial charge in [0.1, 0.15) is 5.82 Å². The van der Waals surface area contributed by atoms with Gasteiger partial charge in [-0.05, 0) is 24.6 Å². The van der Waals surface area contributed by atoms with Crippen LogP contribution >= 0.6 is 34.7 Å². The fourth-order valence-corrected chi connectivity index (χ4v) is 4.79. The summed E-state index contributed by atoms with van der Waals surface area (Å²) in [5, 5.41) is 13.8. The van der Waals surface area contributed by atoms with Gasteiger partial charge < -0.3 is 15.3 Å². The first-order chi connectivity index (χ1) is 12.9. The summed E-state index contributed by atoms with van der Waals surface area (Å²) in [5.41, 5.74) is 0.392. The van der Waals surface area contributed by atoms with Gasteiger partial charge in [0.15, 0.2) is 10.0 Å². The molecule has 1 fully saturated rings. The van der Waals surface area contributed by atoms with Crippen molar-refractivity contribution in [1.82, 2.24) is 9.88 Å². The first kappa shape index (κ1) is 19.9. The highest BCUT2D eigenvalue weighted by Gasteiger charge is 2.30. The SMILES string of the molecule is O=C(O)c1csc(SCCN2C(=O)CCC2CNc2ccc(Cl)cc2F)n1. The van der Waals surface area contributed by atoms with E-state index in [4.69, 9.17) is 16.7 Å². The van der Waals surface area contributed by atoms with E-state index in [0.717, 1.165) is 0 Å². The molecular formula is C17H17ClFN3O3S2. The Kier molecular flexibility index (Phi) is 6.56. The Morgan fingerprint density at radius 1 is 1.52 bits per heavy atom. The summed E-state index contributed by atoms with van der Waals surface area (Å²) in [6, 6.07) is 4.42. The average Bonchev–Trinajstić information content (AvgIpc) is 3.22. The molecule has 0 spiro atoms. The highest BCUT2D eigenvalue weighted by atomic mass is 35.5. The van der Waals surface area contributed by atoms with Crippen LogP contribution in [0.1, 0.15) is 23.3 Å². The molecular weight excluding hydrogens is 413 g/mol. The van der Waals surface area contributed by atoms with E-state index < -0.39 is 11.8 Å². The number of carbonyl (C=O) groups excluding carboxylic acids is 1. The van der Waals surface area contributed by atoms with Crippen molar-refractivity contribution in [3.05, 3.63) is 40.1 Å². The van der Waals surface area contributed by atoms with Gasteiger partial charge in [0, 0.05) is 41.7 Å². The first-order valence-electron chi connectivity index (χ1n) is 8.24. The van der Waals surface area contributed by atoms with Gasteiger partial charge in [-0.1, -0.05) is 23.4 Å². The summed E-state index contributed by atoms with van der Waals surface area (Å²) in [6.45, 7) is 0.982. The van der Waals surface area contributed by atoms with Crippen molar-refractivity contribution in [2.45, 2.75) is 23.2 Å². The van der Waals surface area contributed by atoms with Crippen LogP contribution in [-0.4, -0.2) is 51.8 Å². The normalized spacial score (nSPS) is 16.7. The van der Waals surface area contributed by atoms with Crippen LogP contribution in [0.15, 0.2) is 27.9 Å². The van der Waals surface area contributed by atoms with Gasteiger partial charge in [0.05, 0.1) is 5.69 Å². The van der Waals surface area contributed by atoms with Crippen molar-refractivity contribution in [1.29, 1.82) is 0 Å². The fourth-order valence-electron chi connectivity index (χ4n) is 2.83. The van der Waals surface area contributed by atoms with Gasteiger partial charge in [0.2, 0.25) is 5.91 Å². The number of halogens is 2. The Bertz CT molecular complexity index is 849. The van der Waals surface area contributed by atoms with Gasteiger partial charge >= 0.3 is 5.97 Å². The third kappa shape index (κ3) is 5.12. The second-order valence-corrected chi connectivity index (χ2v) is 8.57. The number of rotatable bonds is 8. The van der Waals surface area contributed by atoms with Gasteiger partial charge in [-0.15, -0.1) is 11.3 Å². The third-order valence-electron chi connectivity index (χ3n) is 4.17. The van der Waals surface area contributed by atoms with Crippen molar-refractivity contribution in [2.24, 2.45) is 0 Å². The van der Waals surface area contributed by atoms with Crippen LogP contribution in [0.4, 0.5) is 10.1 Å². The van der Waals surface area contributed by atoms with Crippen molar-refractivity contribution in [3.63, 3.8) is 0 Å². The number of benzene rings is 1. The largest absolute Gasteiger partial charge is 0.476 e. The highest BCUT2D eigenvalue weighted by molar-refractivity contribution is 8.01. The number of thiazole rings is 1. The van der Waals surface area contributed by atoms with E-state index >= 15 is 0 Å². The summed E-state index contributed by atoms with van der Waals surface area (Å²) in [4.78, 5) is 28.8. The zero-order chi connectivity index (χ0) is 19.4. The van der Waals surface area contributed by atoms with E-state index in [1.807, 2.05) is 0 Å². The number of amides is 1. The minimum atomic E-state index is -1.05. The number of carboxylic acid groups (broad SMARTS) is 1. The van der Waals surface area contributed by atoms with Gasteiger partial charge in [-0.25, -0.2) is 14.2 Å². The molecule has 0 radical (unpaired) electrons. The smallest absolute Gasteiger partial charge is 0.355 e. The van der Waals surface area contributed by atoms with Crippen LogP contribution in [0.5, 0.6) is 0 Å². The van der Waals surface area contributed by atoms with Crippen molar-refractivity contribution >= 4 is 52.3 Å². The van der Waals surface area contributed by atoms with E-state index in [-0.39, 0.29) is 17.6 Å². The second kappa shape index (κ2) is 8.90. The number of hydrogen-bond donors (Lipinski definition) is 2. The molecule has 144 valence electrons. The maximum absolute atomic E-state index is 13.9. The molecule has 10 heteroatoms. The molecule has 1 aliphatic heterocycles. The number of thioether (sulfide) groups is 1. The molecule has 1 aromatic heterocycles. The Morgan fingerprint density at radius 2 is 2.33 bits per heavy atom. The van der Waals surface area contributed by atoms with Crippen LogP contribution < -0.4 is 5.32 Å². The van der Waals surface area contributed by atoms with Gasteiger partial charge in [-0.3, -0.25) is 4.79 Å². The summed E-state index contributed by atoms with van der Waals surface area (Å²) >= 11 is 8.45. The number of likely N-dealkylation sites (tertiary alicyclic amines) is 1. The third-order valence-corrected chi connectivity index (χ3v) is 6.41. The van der Waals surface area contributed by atoms with Crippen molar-refractivity contribution in [2.75, 3.05) is 24.2 Å². The molecule has 27 heavy (non-hydrogen) atoms. The number of anilines is 1. The van der Waals surface area contributed by atoms with Gasteiger partial charge in [-0.2, -0.15) is 0 Å². The molecule has 0 bridgehead atoms. The van der Waals surface area contributed by atoms with Crippen LogP contribution in [0, 0.1) is 5.82 Å². The number of carboxylic acids is 1. The summed E-state index contributed by atoms with van der Waals surface area (Å²) in [7, 11) is 0. The Hall–Kier alpha value is -1.84. The summed E-state index contributed by atoms with van der Waals surface area (Å²) in [6.07, 6.45) is 1.19. The number of carbonyl (C=O) groups is 2. The first-order valence-corrected chi connectivity index (χ1v) is 10.5. The molecule has 0 aliphatic carbocycles. The van der Waals surface area contributed by atoms with E-state index in [2.05, 4.69) is 10.3 Å². The molecule has 1 unspecified atom stereocenters. The zero-order valence-electron chi connectivity index (χ0n) is 14.2. The lowest BCUT2D eigenvalue weighted by Crippen LogP contribution is -2.39. The molecule has 2 aromatic rings. The summed E-state index contributed by atoms with van der Waals surface area (Å²) in [5.74, 6) is -0.783. The quantitative estimate of drug-likeness (QED) is 0.620.